The van der Waals surface area contributed by atoms with Crippen LogP contribution < -0.4 is 37.9 Å². The summed E-state index contributed by atoms with van der Waals surface area (Å²) in [7, 11) is 3.90. The van der Waals surface area contributed by atoms with Crippen LogP contribution >= 0.6 is 0 Å². The molecule has 0 amide bonds. The quantitative estimate of drug-likeness (QED) is 0.0706. The highest BCUT2D eigenvalue weighted by Crippen LogP contribution is 2.40. The topological polar surface area (TPSA) is 270 Å². The molecule has 4 atom stereocenters. The van der Waals surface area contributed by atoms with Crippen LogP contribution in [0.5, 0.6) is 46.3 Å². The molecule has 0 aliphatic rings. The Labute approximate surface area is 452 Å². The molecular formula is C54H60N8O14S2. The minimum absolute atomic E-state index is 0.0801. The zero-order chi connectivity index (χ0) is 56.3. The summed E-state index contributed by atoms with van der Waals surface area (Å²) < 4.78 is 101. The Morgan fingerprint density at radius 2 is 0.718 bits per heavy atom. The van der Waals surface area contributed by atoms with Crippen LogP contribution in [0.25, 0.3) is 34.4 Å². The number of aromatic nitrogens is 8. The van der Waals surface area contributed by atoms with Crippen LogP contribution in [-0.4, -0.2) is 134 Å². The highest BCUT2D eigenvalue weighted by atomic mass is 32.2. The van der Waals surface area contributed by atoms with Crippen molar-refractivity contribution in [3.63, 3.8) is 0 Å². The fourth-order valence-electron chi connectivity index (χ4n) is 8.37. The Bertz CT molecular complexity index is 3300. The summed E-state index contributed by atoms with van der Waals surface area (Å²) >= 11 is 0. The highest BCUT2D eigenvalue weighted by Gasteiger charge is 2.36. The SMILES string of the molecule is COc1cccc(-c2nnc(CS(=O)(=O)[C@@H](C)[C@H](O)c3ccccc3OC)n2-c2c(OC)cccc2OC)n1.COc1cccc(-c2nnc(CS(=O)(=O)[C@H](C)[C@@H](O)c3ccccc3OC)n2-c2c(OC)cccc2OC)n1. The number of hydrogen-bond donors (Lipinski definition) is 2. The molecule has 0 saturated carbocycles. The smallest absolute Gasteiger partial charge is 0.213 e. The number of para-hydroxylation sites is 4. The molecule has 8 aromatic rings. The van der Waals surface area contributed by atoms with E-state index in [0.29, 0.717) is 80.1 Å². The van der Waals surface area contributed by atoms with Crippen molar-refractivity contribution < 1.29 is 64.9 Å². The Hall–Kier alpha value is -8.32. The van der Waals surface area contributed by atoms with Gasteiger partial charge in [-0.05, 0) is 62.4 Å². The van der Waals surface area contributed by atoms with Gasteiger partial charge in [0.1, 0.15) is 68.8 Å². The van der Waals surface area contributed by atoms with E-state index in [-0.39, 0.29) is 23.3 Å². The van der Waals surface area contributed by atoms with Crippen LogP contribution in [0.4, 0.5) is 0 Å². The van der Waals surface area contributed by atoms with Gasteiger partial charge in [-0.1, -0.05) is 60.7 Å². The first-order chi connectivity index (χ1) is 37.5. The molecule has 0 radical (unpaired) electrons. The van der Waals surface area contributed by atoms with Crippen molar-refractivity contribution in [3.05, 3.63) is 144 Å². The standard InChI is InChI=1S/2C27H30N4O7S/c2*1-17(26(32)18-10-6-7-12-20(18)35-2)39(33,34)16-23-29-30-27(19-11-8-15-24(28-19)38-5)31(23)25-21(36-3)13-9-14-22(25)37-4/h2*6-15,17,26,32H,16H2,1-5H3/t2*17-,26-/m10/s1. The van der Waals surface area contributed by atoms with E-state index in [2.05, 4.69) is 30.4 Å². The molecule has 0 unspecified atom stereocenters. The second kappa shape index (κ2) is 25.2. The third-order valence-corrected chi connectivity index (χ3v) is 16.7. The van der Waals surface area contributed by atoms with Gasteiger partial charge in [0.2, 0.25) is 11.8 Å². The molecule has 22 nitrogen and oxygen atoms in total. The number of benzene rings is 4. The van der Waals surface area contributed by atoms with Crippen LogP contribution in [-0.2, 0) is 31.2 Å². The molecule has 0 aliphatic heterocycles. The van der Waals surface area contributed by atoms with Crippen molar-refractivity contribution >= 4 is 19.7 Å². The average molecular weight is 1110 g/mol. The maximum absolute atomic E-state index is 13.7. The zero-order valence-electron chi connectivity index (χ0n) is 44.5. The molecule has 0 bridgehead atoms. The summed E-state index contributed by atoms with van der Waals surface area (Å²) in [6.07, 6.45) is -2.69. The molecule has 4 aromatic heterocycles. The number of pyridine rings is 2. The lowest BCUT2D eigenvalue weighted by molar-refractivity contribution is 0.171. The molecule has 0 spiro atoms. The number of ether oxygens (including phenoxy) is 8. The lowest BCUT2D eigenvalue weighted by Gasteiger charge is -2.22. The van der Waals surface area contributed by atoms with Crippen molar-refractivity contribution in [2.45, 2.75) is 48.1 Å². The van der Waals surface area contributed by atoms with Crippen molar-refractivity contribution in [1.82, 2.24) is 39.5 Å². The minimum atomic E-state index is -3.99. The van der Waals surface area contributed by atoms with Crippen LogP contribution in [0, 0.1) is 0 Å². The number of aliphatic hydroxyl groups is 2. The van der Waals surface area contributed by atoms with Gasteiger partial charge in [0, 0.05) is 23.3 Å². The van der Waals surface area contributed by atoms with E-state index in [1.54, 1.807) is 130 Å². The first-order valence-electron chi connectivity index (χ1n) is 23.9. The van der Waals surface area contributed by atoms with Gasteiger partial charge in [-0.3, -0.25) is 9.13 Å². The summed E-state index contributed by atoms with van der Waals surface area (Å²) in [5.41, 5.74) is 2.31. The van der Waals surface area contributed by atoms with Gasteiger partial charge in [-0.2, -0.15) is 0 Å². The molecule has 0 aliphatic carbocycles. The van der Waals surface area contributed by atoms with Crippen LogP contribution in [0.1, 0.15) is 48.8 Å². The molecule has 412 valence electrons. The summed E-state index contributed by atoms with van der Waals surface area (Å²) in [6.45, 7) is 2.89. The van der Waals surface area contributed by atoms with Gasteiger partial charge in [0.05, 0.1) is 79.6 Å². The van der Waals surface area contributed by atoms with E-state index in [4.69, 9.17) is 37.9 Å². The van der Waals surface area contributed by atoms with Gasteiger partial charge < -0.3 is 48.1 Å². The Kier molecular flexibility index (Phi) is 18.6. The Morgan fingerprint density at radius 1 is 0.410 bits per heavy atom. The van der Waals surface area contributed by atoms with E-state index >= 15 is 0 Å². The van der Waals surface area contributed by atoms with E-state index in [9.17, 15) is 27.0 Å². The first kappa shape index (κ1) is 57.4. The van der Waals surface area contributed by atoms with E-state index in [1.807, 2.05) is 0 Å². The molecule has 2 N–H and O–H groups in total. The monoisotopic (exact) mass is 1110 g/mol. The summed E-state index contributed by atoms with van der Waals surface area (Å²) in [6, 6.07) is 34.1. The predicted octanol–water partition coefficient (Wildman–Crippen LogP) is 6.80. The van der Waals surface area contributed by atoms with E-state index < -0.39 is 53.9 Å². The summed E-state index contributed by atoms with van der Waals surface area (Å²) in [5, 5.41) is 36.8. The van der Waals surface area contributed by atoms with Crippen LogP contribution in [0.3, 0.4) is 0 Å². The van der Waals surface area contributed by atoms with Gasteiger partial charge in [0.15, 0.2) is 43.0 Å². The normalized spacial score (nSPS) is 13.0. The predicted molar refractivity (Wildman–Crippen MR) is 289 cm³/mol. The van der Waals surface area contributed by atoms with Crippen LogP contribution in [0.2, 0.25) is 0 Å². The molecule has 24 heteroatoms. The van der Waals surface area contributed by atoms with Crippen molar-refractivity contribution in [1.29, 1.82) is 0 Å². The number of methoxy groups -OCH3 is 8. The maximum atomic E-state index is 13.7. The second-order valence-corrected chi connectivity index (χ2v) is 21.8. The summed E-state index contributed by atoms with van der Waals surface area (Å²) in [5.74, 6) is 2.65. The average Bonchev–Trinajstić information content (AvgIpc) is 4.09. The fourth-order valence-corrected chi connectivity index (χ4v) is 11.1. The third kappa shape index (κ3) is 12.1. The molecule has 0 fully saturated rings. The largest absolute Gasteiger partial charge is 0.496 e. The number of rotatable bonds is 22. The first-order valence-corrected chi connectivity index (χ1v) is 27.3. The van der Waals surface area contributed by atoms with Crippen molar-refractivity contribution in [2.75, 3.05) is 56.9 Å². The Morgan fingerprint density at radius 3 is 1.04 bits per heavy atom. The third-order valence-electron chi connectivity index (χ3n) is 12.6. The lowest BCUT2D eigenvalue weighted by atomic mass is 10.1. The fraction of sp³-hybridized carbons (Fsp3) is 0.296. The zero-order valence-corrected chi connectivity index (χ0v) is 46.1. The molecule has 4 heterocycles. The van der Waals surface area contributed by atoms with E-state index in [1.165, 1.54) is 70.7 Å². The molecule has 0 saturated heterocycles. The maximum Gasteiger partial charge on any atom is 0.213 e. The number of sulfone groups is 2. The van der Waals surface area contributed by atoms with Gasteiger partial charge >= 0.3 is 0 Å². The number of hydrogen-bond acceptors (Lipinski definition) is 20. The van der Waals surface area contributed by atoms with Crippen molar-refractivity contribution in [3.8, 4) is 80.7 Å². The van der Waals surface area contributed by atoms with Crippen LogP contribution in [0.15, 0.2) is 121 Å². The Balaban J connectivity index is 0.000000226. The lowest BCUT2D eigenvalue weighted by Crippen LogP contribution is -2.28. The second-order valence-electron chi connectivity index (χ2n) is 17.1. The number of nitrogens with zero attached hydrogens (tertiary/aromatic N) is 8. The molecule has 8 rings (SSSR count). The van der Waals surface area contributed by atoms with Gasteiger partial charge in [-0.15, -0.1) is 20.4 Å². The van der Waals surface area contributed by atoms with Gasteiger partial charge in [0.25, 0.3) is 0 Å². The van der Waals surface area contributed by atoms with Crippen molar-refractivity contribution in [2.24, 2.45) is 0 Å². The molecule has 4 aromatic carbocycles. The highest BCUT2D eigenvalue weighted by molar-refractivity contribution is 7.91. The minimum Gasteiger partial charge on any atom is -0.496 e. The molecule has 78 heavy (non-hydrogen) atoms. The van der Waals surface area contributed by atoms with E-state index in [0.717, 1.165) is 0 Å². The number of aliphatic hydroxyl groups excluding tert-OH is 2. The summed E-state index contributed by atoms with van der Waals surface area (Å²) in [4.78, 5) is 8.92. The molecular weight excluding hydrogens is 1050 g/mol. The van der Waals surface area contributed by atoms with Gasteiger partial charge in [-0.25, -0.2) is 26.8 Å².